The van der Waals surface area contributed by atoms with Crippen LogP contribution in [-0.2, 0) is 9.53 Å². The van der Waals surface area contributed by atoms with Gasteiger partial charge in [0.1, 0.15) is 12.3 Å². The number of aliphatic hydroxyl groups excluding tert-OH is 2. The predicted molar refractivity (Wildman–Crippen MR) is 104 cm³/mol. The second kappa shape index (κ2) is 10.9. The lowest BCUT2D eigenvalue weighted by atomic mass is 10.1. The van der Waals surface area contributed by atoms with E-state index in [1.807, 2.05) is 0 Å². The van der Waals surface area contributed by atoms with E-state index in [-0.39, 0.29) is 24.5 Å². The number of carbonyl (C=O) groups excluding carboxylic acids is 1. The second-order valence-electron chi connectivity index (χ2n) is 6.90. The molecule has 28 heavy (non-hydrogen) atoms. The molecule has 4 N–H and O–H groups in total. The molecule has 0 spiro atoms. The number of hydrogen-bond donors (Lipinski definition) is 4. The third kappa shape index (κ3) is 6.15. The van der Waals surface area contributed by atoms with Crippen molar-refractivity contribution >= 4 is 12.0 Å². The molecule has 1 aliphatic rings. The van der Waals surface area contributed by atoms with E-state index in [1.54, 1.807) is 0 Å². The van der Waals surface area contributed by atoms with Crippen molar-refractivity contribution in [3.63, 3.8) is 0 Å². The molecule has 9 nitrogen and oxygen atoms in total. The van der Waals surface area contributed by atoms with Gasteiger partial charge in [-0.1, -0.05) is 32.6 Å². The van der Waals surface area contributed by atoms with Gasteiger partial charge in [-0.2, -0.15) is 0 Å². The summed E-state index contributed by atoms with van der Waals surface area (Å²) in [5, 5.41) is 21.7. The summed E-state index contributed by atoms with van der Waals surface area (Å²) in [6.07, 6.45) is 6.93. The topological polar surface area (TPSA) is 134 Å². The molecule has 1 amide bonds. The molecule has 0 aromatic carbocycles. The van der Waals surface area contributed by atoms with Crippen LogP contribution in [0, 0.1) is 0 Å². The van der Waals surface area contributed by atoms with Crippen LogP contribution in [0.1, 0.15) is 57.2 Å². The number of carbonyl (C=O) groups is 1. The summed E-state index contributed by atoms with van der Waals surface area (Å²) in [6.45, 7) is 2.34. The number of amides is 1. The van der Waals surface area contributed by atoms with Crippen LogP contribution in [0.2, 0.25) is 0 Å². The van der Waals surface area contributed by atoms with E-state index in [0.29, 0.717) is 6.54 Å². The molecule has 1 fully saturated rings. The molecule has 0 bridgehead atoms. The molecule has 3 unspecified atom stereocenters. The van der Waals surface area contributed by atoms with Crippen LogP contribution >= 0.6 is 0 Å². The monoisotopic (exact) mass is 395 g/mol. The number of ether oxygens (including phenoxy) is 1. The Labute approximate surface area is 163 Å². The highest BCUT2D eigenvalue weighted by atomic mass is 16.5. The van der Waals surface area contributed by atoms with Crippen LogP contribution in [0.3, 0.4) is 0 Å². The number of hydrogen-bond acceptors (Lipinski definition) is 6. The smallest absolute Gasteiger partial charge is 0.330 e. The van der Waals surface area contributed by atoms with Crippen molar-refractivity contribution in [3.8, 4) is 0 Å². The standard InChI is InChI=1S/C19H29N3O6/c1-2-3-4-5-6-9-20-16(25)8-7-13-11-22(19(27)21-18(13)26)17-10-14(24)15(12-23)28-17/h7-8,11,14-15,17,23-24H,2-6,9-10,12H2,1H3,(H,20,25)(H,21,26,27)/b8-7+. The zero-order valence-corrected chi connectivity index (χ0v) is 16.1. The minimum absolute atomic E-state index is 0.110. The van der Waals surface area contributed by atoms with E-state index in [4.69, 9.17) is 9.84 Å². The van der Waals surface area contributed by atoms with Gasteiger partial charge in [-0.05, 0) is 12.5 Å². The normalized spacial score (nSPS) is 22.0. The Balaban J connectivity index is 1.98. The van der Waals surface area contributed by atoms with Crippen LogP contribution in [0.5, 0.6) is 0 Å². The number of aliphatic hydroxyl groups is 2. The minimum atomic E-state index is -0.907. The number of rotatable bonds is 10. The van der Waals surface area contributed by atoms with E-state index in [1.165, 1.54) is 24.8 Å². The van der Waals surface area contributed by atoms with Crippen LogP contribution in [-0.4, -0.2) is 51.0 Å². The summed E-state index contributed by atoms with van der Waals surface area (Å²) in [5.74, 6) is -0.319. The number of aromatic nitrogens is 2. The molecule has 1 saturated heterocycles. The highest BCUT2D eigenvalue weighted by Crippen LogP contribution is 2.27. The van der Waals surface area contributed by atoms with E-state index >= 15 is 0 Å². The van der Waals surface area contributed by atoms with E-state index in [2.05, 4.69) is 17.2 Å². The molecule has 1 aromatic heterocycles. The molecular formula is C19H29N3O6. The number of unbranched alkanes of at least 4 members (excludes halogenated alkanes) is 4. The Morgan fingerprint density at radius 3 is 2.79 bits per heavy atom. The van der Waals surface area contributed by atoms with Crippen molar-refractivity contribution in [2.75, 3.05) is 13.2 Å². The van der Waals surface area contributed by atoms with Crippen LogP contribution in [0.4, 0.5) is 0 Å². The lowest BCUT2D eigenvalue weighted by Gasteiger charge is -2.14. The van der Waals surface area contributed by atoms with Gasteiger partial charge in [-0.25, -0.2) is 4.79 Å². The first-order valence-corrected chi connectivity index (χ1v) is 9.72. The maximum Gasteiger partial charge on any atom is 0.330 e. The fourth-order valence-electron chi connectivity index (χ4n) is 3.05. The lowest BCUT2D eigenvalue weighted by molar-refractivity contribution is -0.116. The predicted octanol–water partition coefficient (Wildman–Crippen LogP) is 0.277. The van der Waals surface area contributed by atoms with Crippen molar-refractivity contribution in [2.45, 2.75) is 63.9 Å². The van der Waals surface area contributed by atoms with Gasteiger partial charge < -0.3 is 20.3 Å². The Hall–Kier alpha value is -2.23. The molecule has 3 atom stereocenters. The SMILES string of the molecule is CCCCCCCNC(=O)/C=C/c1cn(C2CC(O)C(CO)O2)c(=O)[nH]c1=O. The first-order chi connectivity index (χ1) is 13.5. The molecule has 2 heterocycles. The zero-order chi connectivity index (χ0) is 20.5. The molecule has 9 heteroatoms. The highest BCUT2D eigenvalue weighted by Gasteiger charge is 2.35. The van der Waals surface area contributed by atoms with Gasteiger partial charge in [-0.15, -0.1) is 0 Å². The van der Waals surface area contributed by atoms with Gasteiger partial charge in [0, 0.05) is 25.2 Å². The average Bonchev–Trinajstić information content (AvgIpc) is 3.04. The van der Waals surface area contributed by atoms with Crippen molar-refractivity contribution in [1.29, 1.82) is 0 Å². The quantitative estimate of drug-likeness (QED) is 0.332. The van der Waals surface area contributed by atoms with Crippen molar-refractivity contribution < 1.29 is 19.7 Å². The fourth-order valence-corrected chi connectivity index (χ4v) is 3.05. The third-order valence-electron chi connectivity index (χ3n) is 4.68. The number of nitrogens with zero attached hydrogens (tertiary/aromatic N) is 1. The summed E-state index contributed by atoms with van der Waals surface area (Å²) in [6, 6.07) is 0. The maximum atomic E-state index is 12.0. The second-order valence-corrected chi connectivity index (χ2v) is 6.90. The van der Waals surface area contributed by atoms with Gasteiger partial charge in [0.25, 0.3) is 5.56 Å². The van der Waals surface area contributed by atoms with Crippen molar-refractivity contribution in [1.82, 2.24) is 14.9 Å². The number of H-pyrrole nitrogens is 1. The minimum Gasteiger partial charge on any atom is -0.394 e. The van der Waals surface area contributed by atoms with Crippen LogP contribution < -0.4 is 16.6 Å². The van der Waals surface area contributed by atoms with Gasteiger partial charge in [-0.3, -0.25) is 19.1 Å². The number of nitrogens with one attached hydrogen (secondary N) is 2. The maximum absolute atomic E-state index is 12.0. The van der Waals surface area contributed by atoms with E-state index in [9.17, 15) is 19.5 Å². The molecule has 1 aromatic rings. The van der Waals surface area contributed by atoms with Crippen LogP contribution in [0.25, 0.3) is 6.08 Å². The average molecular weight is 395 g/mol. The van der Waals surface area contributed by atoms with Crippen LogP contribution in [0.15, 0.2) is 21.9 Å². The van der Waals surface area contributed by atoms with Gasteiger partial charge in [0.15, 0.2) is 0 Å². The lowest BCUT2D eigenvalue weighted by Crippen LogP contribution is -2.33. The van der Waals surface area contributed by atoms with Gasteiger partial charge in [0.2, 0.25) is 5.91 Å². The van der Waals surface area contributed by atoms with Gasteiger partial charge in [0.05, 0.1) is 18.3 Å². The summed E-state index contributed by atoms with van der Waals surface area (Å²) < 4.78 is 6.59. The Bertz CT molecular complexity index is 785. The summed E-state index contributed by atoms with van der Waals surface area (Å²) in [5.41, 5.74) is -1.19. The Kier molecular flexibility index (Phi) is 8.62. The molecule has 156 valence electrons. The number of aromatic amines is 1. The first kappa shape index (κ1) is 22.1. The van der Waals surface area contributed by atoms with Crippen molar-refractivity contribution in [2.24, 2.45) is 0 Å². The van der Waals surface area contributed by atoms with E-state index in [0.717, 1.165) is 30.3 Å². The van der Waals surface area contributed by atoms with Gasteiger partial charge >= 0.3 is 5.69 Å². The zero-order valence-electron chi connectivity index (χ0n) is 16.1. The Morgan fingerprint density at radius 2 is 2.11 bits per heavy atom. The molecule has 0 aliphatic carbocycles. The molecule has 0 radical (unpaired) electrons. The Morgan fingerprint density at radius 1 is 1.36 bits per heavy atom. The summed E-state index contributed by atoms with van der Waals surface area (Å²) in [7, 11) is 0. The van der Waals surface area contributed by atoms with E-state index < -0.39 is 29.7 Å². The molecule has 1 aliphatic heterocycles. The molecular weight excluding hydrogens is 366 g/mol. The first-order valence-electron chi connectivity index (χ1n) is 9.72. The summed E-state index contributed by atoms with van der Waals surface area (Å²) in [4.78, 5) is 38.1. The molecule has 2 rings (SSSR count). The fraction of sp³-hybridized carbons (Fsp3) is 0.632. The summed E-state index contributed by atoms with van der Waals surface area (Å²) >= 11 is 0. The largest absolute Gasteiger partial charge is 0.394 e. The van der Waals surface area contributed by atoms with Crippen molar-refractivity contribution in [3.05, 3.63) is 38.7 Å². The highest BCUT2D eigenvalue weighted by molar-refractivity contribution is 5.91. The molecule has 0 saturated carbocycles. The third-order valence-corrected chi connectivity index (χ3v) is 4.68.